The minimum atomic E-state index is -0.578. The Kier molecular flexibility index (Phi) is 5.18. The van der Waals surface area contributed by atoms with E-state index < -0.39 is 6.09 Å². The highest BCUT2D eigenvalue weighted by atomic mass is 79.9. The van der Waals surface area contributed by atoms with Crippen molar-refractivity contribution in [1.29, 1.82) is 0 Å². The second-order valence-electron chi connectivity index (χ2n) is 5.04. The fourth-order valence-electron chi connectivity index (χ4n) is 2.20. The number of hydrogen-bond acceptors (Lipinski definition) is 2. The highest BCUT2D eigenvalue weighted by Crippen LogP contribution is 2.31. The zero-order chi connectivity index (χ0) is 16.9. The first-order chi connectivity index (χ1) is 11.6. The van der Waals surface area contributed by atoms with Gasteiger partial charge in [0.2, 0.25) is 0 Å². The van der Waals surface area contributed by atoms with E-state index in [0.29, 0.717) is 20.9 Å². The molecule has 0 aliphatic carbocycles. The molecule has 0 aliphatic heterocycles. The maximum Gasteiger partial charge on any atom is 0.417 e. The molecule has 3 nitrogen and oxygen atoms in total. The molecule has 0 radical (unpaired) electrons. The Hall–Kier alpha value is -2.30. The van der Waals surface area contributed by atoms with Crippen LogP contribution < -0.4 is 10.1 Å². The molecule has 0 unspecified atom stereocenters. The normalized spacial score (nSPS) is 10.2. The smallest absolute Gasteiger partial charge is 0.409 e. The van der Waals surface area contributed by atoms with Gasteiger partial charge in [-0.05, 0) is 57.4 Å². The molecular formula is C19H13BrClNO2. The third kappa shape index (κ3) is 4.16. The van der Waals surface area contributed by atoms with Crippen LogP contribution in [0.3, 0.4) is 0 Å². The van der Waals surface area contributed by atoms with Crippen LogP contribution in [0.2, 0.25) is 5.02 Å². The number of carbonyl (C=O) groups is 1. The summed E-state index contributed by atoms with van der Waals surface area (Å²) < 4.78 is 6.04. The quantitative estimate of drug-likeness (QED) is 0.552. The van der Waals surface area contributed by atoms with Crippen LogP contribution in [-0.2, 0) is 0 Å². The van der Waals surface area contributed by atoms with Crippen LogP contribution in [0.1, 0.15) is 0 Å². The lowest BCUT2D eigenvalue weighted by Crippen LogP contribution is -2.16. The van der Waals surface area contributed by atoms with E-state index in [4.69, 9.17) is 16.3 Å². The molecular weight excluding hydrogens is 390 g/mol. The van der Waals surface area contributed by atoms with Crippen molar-refractivity contribution in [3.8, 4) is 16.9 Å². The Balaban J connectivity index is 1.72. The first-order valence-electron chi connectivity index (χ1n) is 7.21. The van der Waals surface area contributed by atoms with Gasteiger partial charge in [-0.3, -0.25) is 5.32 Å². The third-order valence-corrected chi connectivity index (χ3v) is 4.17. The number of amides is 1. The Morgan fingerprint density at radius 1 is 0.917 bits per heavy atom. The molecule has 5 heteroatoms. The Morgan fingerprint density at radius 3 is 2.42 bits per heavy atom. The summed E-state index contributed by atoms with van der Waals surface area (Å²) in [6, 6.07) is 22.4. The van der Waals surface area contributed by atoms with Gasteiger partial charge >= 0.3 is 6.09 Å². The zero-order valence-corrected chi connectivity index (χ0v) is 14.8. The van der Waals surface area contributed by atoms with Crippen LogP contribution >= 0.6 is 27.5 Å². The van der Waals surface area contributed by atoms with E-state index in [9.17, 15) is 4.79 Å². The van der Waals surface area contributed by atoms with Crippen LogP contribution in [0.5, 0.6) is 5.75 Å². The second-order valence-corrected chi connectivity index (χ2v) is 6.33. The molecule has 0 spiro atoms. The van der Waals surface area contributed by atoms with E-state index in [0.717, 1.165) is 11.1 Å². The lowest BCUT2D eigenvalue weighted by Gasteiger charge is -2.10. The molecule has 3 aromatic rings. The standard InChI is InChI=1S/C19H13BrClNO2/c20-17-11-14(13-5-2-1-3-6-13)9-10-18(17)24-19(23)22-16-8-4-7-15(21)12-16/h1-12H,(H,22,23). The van der Waals surface area contributed by atoms with Crippen molar-refractivity contribution in [2.75, 3.05) is 5.32 Å². The summed E-state index contributed by atoms with van der Waals surface area (Å²) in [5, 5.41) is 3.18. The lowest BCUT2D eigenvalue weighted by molar-refractivity contribution is 0.215. The molecule has 0 atom stereocenters. The van der Waals surface area contributed by atoms with E-state index in [1.54, 1.807) is 30.3 Å². The number of benzene rings is 3. The van der Waals surface area contributed by atoms with Gasteiger partial charge < -0.3 is 4.74 Å². The van der Waals surface area contributed by atoms with Crippen molar-refractivity contribution < 1.29 is 9.53 Å². The minimum absolute atomic E-state index is 0.439. The average molecular weight is 403 g/mol. The molecule has 0 saturated heterocycles. The Labute approximate surface area is 153 Å². The summed E-state index contributed by atoms with van der Waals surface area (Å²) in [7, 11) is 0. The van der Waals surface area contributed by atoms with Gasteiger partial charge in [-0.1, -0.05) is 54.1 Å². The summed E-state index contributed by atoms with van der Waals surface area (Å²) in [5.74, 6) is 0.439. The van der Waals surface area contributed by atoms with Gasteiger partial charge in [0.15, 0.2) is 0 Å². The van der Waals surface area contributed by atoms with E-state index in [1.807, 2.05) is 42.5 Å². The lowest BCUT2D eigenvalue weighted by atomic mass is 10.1. The van der Waals surface area contributed by atoms with Crippen molar-refractivity contribution in [2.45, 2.75) is 0 Å². The summed E-state index contributed by atoms with van der Waals surface area (Å²) in [5.41, 5.74) is 2.70. The highest BCUT2D eigenvalue weighted by molar-refractivity contribution is 9.10. The summed E-state index contributed by atoms with van der Waals surface area (Å²) in [4.78, 5) is 12.0. The molecule has 0 aromatic heterocycles. The van der Waals surface area contributed by atoms with Gasteiger partial charge in [0.05, 0.1) is 4.47 Å². The molecule has 120 valence electrons. The topological polar surface area (TPSA) is 38.3 Å². The Bertz CT molecular complexity index is 868. The molecule has 0 saturated carbocycles. The molecule has 0 heterocycles. The fraction of sp³-hybridized carbons (Fsp3) is 0. The zero-order valence-electron chi connectivity index (χ0n) is 12.5. The number of anilines is 1. The molecule has 1 amide bonds. The maximum atomic E-state index is 12.0. The number of rotatable bonds is 3. The molecule has 0 bridgehead atoms. The first kappa shape index (κ1) is 16.6. The van der Waals surface area contributed by atoms with Crippen LogP contribution in [-0.4, -0.2) is 6.09 Å². The predicted molar refractivity (Wildman–Crippen MR) is 101 cm³/mol. The monoisotopic (exact) mass is 401 g/mol. The van der Waals surface area contributed by atoms with Crippen molar-refractivity contribution in [3.63, 3.8) is 0 Å². The van der Waals surface area contributed by atoms with E-state index in [1.165, 1.54) is 0 Å². The van der Waals surface area contributed by atoms with Crippen molar-refractivity contribution in [1.82, 2.24) is 0 Å². The van der Waals surface area contributed by atoms with Crippen LogP contribution in [0, 0.1) is 0 Å². The van der Waals surface area contributed by atoms with Gasteiger partial charge in [-0.2, -0.15) is 0 Å². The second kappa shape index (κ2) is 7.51. The van der Waals surface area contributed by atoms with Gasteiger partial charge in [0.25, 0.3) is 0 Å². The first-order valence-corrected chi connectivity index (χ1v) is 8.38. The molecule has 3 rings (SSSR count). The van der Waals surface area contributed by atoms with E-state index >= 15 is 0 Å². The number of hydrogen-bond donors (Lipinski definition) is 1. The highest BCUT2D eigenvalue weighted by Gasteiger charge is 2.10. The summed E-state index contributed by atoms with van der Waals surface area (Å²) in [6.07, 6.45) is -0.578. The van der Waals surface area contributed by atoms with Crippen LogP contribution in [0.4, 0.5) is 10.5 Å². The predicted octanol–water partition coefficient (Wildman–Crippen LogP) is 6.38. The van der Waals surface area contributed by atoms with Gasteiger partial charge in [0.1, 0.15) is 5.75 Å². The van der Waals surface area contributed by atoms with Crippen molar-refractivity contribution in [2.24, 2.45) is 0 Å². The summed E-state index contributed by atoms with van der Waals surface area (Å²) >= 11 is 9.33. The van der Waals surface area contributed by atoms with Crippen LogP contribution in [0.15, 0.2) is 77.3 Å². The van der Waals surface area contributed by atoms with Crippen molar-refractivity contribution >= 4 is 39.3 Å². The Morgan fingerprint density at radius 2 is 1.71 bits per heavy atom. The molecule has 0 fully saturated rings. The third-order valence-electron chi connectivity index (χ3n) is 3.31. The number of ether oxygens (including phenoxy) is 1. The maximum absolute atomic E-state index is 12.0. The van der Waals surface area contributed by atoms with Crippen molar-refractivity contribution in [3.05, 3.63) is 82.3 Å². The molecule has 1 N–H and O–H groups in total. The van der Waals surface area contributed by atoms with E-state index in [-0.39, 0.29) is 0 Å². The summed E-state index contributed by atoms with van der Waals surface area (Å²) in [6.45, 7) is 0. The van der Waals surface area contributed by atoms with Gasteiger partial charge in [-0.15, -0.1) is 0 Å². The van der Waals surface area contributed by atoms with Crippen LogP contribution in [0.25, 0.3) is 11.1 Å². The fourth-order valence-corrected chi connectivity index (χ4v) is 2.85. The number of carbonyl (C=O) groups excluding carboxylic acids is 1. The number of nitrogens with one attached hydrogen (secondary N) is 1. The largest absolute Gasteiger partial charge is 0.417 e. The molecule has 3 aromatic carbocycles. The van der Waals surface area contributed by atoms with Gasteiger partial charge in [0, 0.05) is 10.7 Å². The molecule has 0 aliphatic rings. The molecule has 24 heavy (non-hydrogen) atoms. The minimum Gasteiger partial charge on any atom is -0.409 e. The number of halogens is 2. The average Bonchev–Trinajstić information content (AvgIpc) is 2.57. The SMILES string of the molecule is O=C(Nc1cccc(Cl)c1)Oc1ccc(-c2ccccc2)cc1Br. The van der Waals surface area contributed by atoms with Gasteiger partial charge in [-0.25, -0.2) is 4.79 Å². The van der Waals surface area contributed by atoms with E-state index in [2.05, 4.69) is 21.2 Å².